The van der Waals surface area contributed by atoms with Crippen molar-refractivity contribution >= 4 is 11.6 Å². The highest BCUT2D eigenvalue weighted by Gasteiger charge is 1.94. The van der Waals surface area contributed by atoms with E-state index < -0.39 is 0 Å². The largest absolute Gasteiger partial charge is 0.235 e. The van der Waals surface area contributed by atoms with Crippen LogP contribution >= 0.6 is 11.6 Å². The van der Waals surface area contributed by atoms with Crippen LogP contribution in [0.15, 0.2) is 54.6 Å². The van der Waals surface area contributed by atoms with E-state index in [1.54, 1.807) is 0 Å². The standard InChI is InChI=1S/C14H14ClN2/c15-14-8-6-13(7-9-14)11-17-16-10-12-4-2-1-3-5-12/h1-9,16H,10-11H2. The van der Waals surface area contributed by atoms with Crippen molar-refractivity contribution in [3.63, 3.8) is 0 Å². The third-order valence-electron chi connectivity index (χ3n) is 2.41. The summed E-state index contributed by atoms with van der Waals surface area (Å²) in [7, 11) is 0. The van der Waals surface area contributed by atoms with Crippen LogP contribution in [0, 0.1) is 0 Å². The Labute approximate surface area is 107 Å². The molecule has 1 radical (unpaired) electrons. The summed E-state index contributed by atoms with van der Waals surface area (Å²) in [5.41, 5.74) is 9.71. The van der Waals surface area contributed by atoms with Crippen LogP contribution in [0.25, 0.3) is 0 Å². The summed E-state index contributed by atoms with van der Waals surface area (Å²) in [6, 6.07) is 17.9. The Hall–Kier alpha value is -1.35. The molecule has 0 aromatic heterocycles. The van der Waals surface area contributed by atoms with Crippen molar-refractivity contribution in [2.24, 2.45) is 0 Å². The van der Waals surface area contributed by atoms with Crippen molar-refractivity contribution in [1.82, 2.24) is 10.9 Å². The normalized spacial score (nSPS) is 10.4. The molecule has 17 heavy (non-hydrogen) atoms. The molecule has 0 aliphatic heterocycles. The first-order valence-corrected chi connectivity index (χ1v) is 5.90. The van der Waals surface area contributed by atoms with E-state index in [1.165, 1.54) is 5.56 Å². The Kier molecular flexibility index (Phi) is 4.56. The average molecular weight is 246 g/mol. The van der Waals surface area contributed by atoms with Crippen molar-refractivity contribution < 1.29 is 0 Å². The van der Waals surface area contributed by atoms with Gasteiger partial charge in [0, 0.05) is 11.6 Å². The van der Waals surface area contributed by atoms with Crippen molar-refractivity contribution in [2.45, 2.75) is 13.1 Å². The lowest BCUT2D eigenvalue weighted by Gasteiger charge is -2.05. The molecule has 0 amide bonds. The number of rotatable bonds is 5. The first-order valence-electron chi connectivity index (χ1n) is 5.52. The van der Waals surface area contributed by atoms with Crippen LogP contribution in [0.3, 0.4) is 0 Å². The number of nitrogens with zero attached hydrogens (tertiary/aromatic N) is 1. The highest BCUT2D eigenvalue weighted by Crippen LogP contribution is 2.09. The predicted molar refractivity (Wildman–Crippen MR) is 70.6 cm³/mol. The second-order valence-electron chi connectivity index (χ2n) is 3.76. The first-order chi connectivity index (χ1) is 8.34. The maximum Gasteiger partial charge on any atom is 0.0554 e. The second kappa shape index (κ2) is 6.40. The lowest BCUT2D eigenvalue weighted by molar-refractivity contribution is 0.516. The van der Waals surface area contributed by atoms with Crippen molar-refractivity contribution in [3.05, 3.63) is 70.7 Å². The molecule has 2 rings (SSSR count). The zero-order valence-corrected chi connectivity index (χ0v) is 10.2. The predicted octanol–water partition coefficient (Wildman–Crippen LogP) is 3.15. The molecular formula is C14H14ClN2. The van der Waals surface area contributed by atoms with Crippen LogP contribution in [-0.2, 0) is 13.1 Å². The zero-order chi connectivity index (χ0) is 11.9. The number of halogens is 1. The summed E-state index contributed by atoms with van der Waals surface area (Å²) in [6.45, 7) is 1.42. The minimum atomic E-state index is 0.657. The van der Waals surface area contributed by atoms with Crippen LogP contribution in [0.1, 0.15) is 11.1 Å². The van der Waals surface area contributed by atoms with E-state index in [0.717, 1.165) is 17.1 Å². The molecule has 2 aromatic carbocycles. The fourth-order valence-electron chi connectivity index (χ4n) is 1.48. The summed E-state index contributed by atoms with van der Waals surface area (Å²) in [5, 5.41) is 0.756. The van der Waals surface area contributed by atoms with Gasteiger partial charge in [-0.2, -0.15) is 5.43 Å². The minimum Gasteiger partial charge on any atom is -0.235 e. The van der Waals surface area contributed by atoms with E-state index >= 15 is 0 Å². The molecule has 0 fully saturated rings. The molecule has 0 bridgehead atoms. The summed E-state index contributed by atoms with van der Waals surface area (Å²) in [6.07, 6.45) is 0. The van der Waals surface area contributed by atoms with Crippen molar-refractivity contribution in [1.29, 1.82) is 0 Å². The Morgan fingerprint density at radius 2 is 1.59 bits per heavy atom. The van der Waals surface area contributed by atoms with Crippen molar-refractivity contribution in [2.75, 3.05) is 0 Å². The van der Waals surface area contributed by atoms with Gasteiger partial charge in [0.05, 0.1) is 6.54 Å². The van der Waals surface area contributed by atoms with Gasteiger partial charge in [-0.05, 0) is 23.3 Å². The SMILES string of the molecule is Clc1ccc(C[N]NCc2ccccc2)cc1. The molecule has 1 N–H and O–H groups in total. The minimum absolute atomic E-state index is 0.657. The Bertz CT molecular complexity index is 440. The van der Waals surface area contributed by atoms with Crippen LogP contribution in [-0.4, -0.2) is 0 Å². The van der Waals surface area contributed by atoms with Crippen LogP contribution in [0.2, 0.25) is 5.02 Å². The Morgan fingerprint density at radius 3 is 2.29 bits per heavy atom. The molecule has 0 atom stereocenters. The number of hydrogen-bond donors (Lipinski definition) is 1. The smallest absolute Gasteiger partial charge is 0.0554 e. The fourth-order valence-corrected chi connectivity index (χ4v) is 1.61. The first kappa shape index (κ1) is 12.1. The van der Waals surface area contributed by atoms with Gasteiger partial charge in [-0.15, -0.1) is 0 Å². The summed E-state index contributed by atoms with van der Waals surface area (Å²) < 4.78 is 0. The van der Waals surface area contributed by atoms with E-state index in [4.69, 9.17) is 11.6 Å². The average Bonchev–Trinajstić information content (AvgIpc) is 2.38. The Morgan fingerprint density at radius 1 is 0.882 bits per heavy atom. The maximum atomic E-state index is 5.81. The summed E-state index contributed by atoms with van der Waals surface area (Å²) >= 11 is 5.81. The van der Waals surface area contributed by atoms with Gasteiger partial charge in [0.15, 0.2) is 0 Å². The van der Waals surface area contributed by atoms with Gasteiger partial charge < -0.3 is 0 Å². The molecule has 2 nitrogen and oxygen atoms in total. The van der Waals surface area contributed by atoms with Gasteiger partial charge in [-0.3, -0.25) is 0 Å². The number of benzene rings is 2. The molecule has 0 spiro atoms. The van der Waals surface area contributed by atoms with Crippen LogP contribution in [0.4, 0.5) is 0 Å². The fraction of sp³-hybridized carbons (Fsp3) is 0.143. The van der Waals surface area contributed by atoms with E-state index in [9.17, 15) is 0 Å². The summed E-state index contributed by atoms with van der Waals surface area (Å²) in [4.78, 5) is 0. The van der Waals surface area contributed by atoms with E-state index in [2.05, 4.69) is 23.0 Å². The topological polar surface area (TPSA) is 26.1 Å². The molecule has 0 aliphatic rings. The van der Waals surface area contributed by atoms with E-state index in [-0.39, 0.29) is 0 Å². The highest BCUT2D eigenvalue weighted by atomic mass is 35.5. The number of hydrogen-bond acceptors (Lipinski definition) is 1. The zero-order valence-electron chi connectivity index (χ0n) is 9.44. The summed E-state index contributed by atoms with van der Waals surface area (Å²) in [5.74, 6) is 0. The van der Waals surface area contributed by atoms with E-state index in [1.807, 2.05) is 42.5 Å². The molecule has 3 heteroatoms. The lowest BCUT2D eigenvalue weighted by atomic mass is 10.2. The third kappa shape index (κ3) is 4.19. The highest BCUT2D eigenvalue weighted by molar-refractivity contribution is 6.30. The monoisotopic (exact) mass is 245 g/mol. The van der Waals surface area contributed by atoms with Gasteiger partial charge in [0.25, 0.3) is 0 Å². The quantitative estimate of drug-likeness (QED) is 0.636. The molecule has 0 aliphatic carbocycles. The molecule has 0 unspecified atom stereocenters. The van der Waals surface area contributed by atoms with Gasteiger partial charge in [-0.1, -0.05) is 54.1 Å². The van der Waals surface area contributed by atoms with Crippen molar-refractivity contribution in [3.8, 4) is 0 Å². The molecule has 87 valence electrons. The molecule has 0 saturated carbocycles. The molecule has 0 saturated heterocycles. The van der Waals surface area contributed by atoms with Gasteiger partial charge in [0.2, 0.25) is 0 Å². The third-order valence-corrected chi connectivity index (χ3v) is 2.66. The van der Waals surface area contributed by atoms with Crippen LogP contribution < -0.4 is 10.9 Å². The Balaban J connectivity index is 1.71. The second-order valence-corrected chi connectivity index (χ2v) is 4.20. The van der Waals surface area contributed by atoms with Gasteiger partial charge >= 0.3 is 0 Å². The van der Waals surface area contributed by atoms with Gasteiger partial charge in [-0.25, -0.2) is 5.43 Å². The molecule has 0 heterocycles. The maximum absolute atomic E-state index is 5.81. The lowest BCUT2D eigenvalue weighted by Crippen LogP contribution is -2.23. The molecule has 2 aromatic rings. The van der Waals surface area contributed by atoms with Crippen LogP contribution in [0.5, 0.6) is 0 Å². The molecular weight excluding hydrogens is 232 g/mol. The van der Waals surface area contributed by atoms with Gasteiger partial charge in [0.1, 0.15) is 0 Å². The number of nitrogens with one attached hydrogen (secondary N) is 1. The van der Waals surface area contributed by atoms with E-state index in [0.29, 0.717) is 6.54 Å².